The Hall–Kier alpha value is -1.81. The highest BCUT2D eigenvalue weighted by molar-refractivity contribution is 5.91. The summed E-state index contributed by atoms with van der Waals surface area (Å²) in [6.45, 7) is 4.64. The Morgan fingerprint density at radius 3 is 2.57 bits per heavy atom. The lowest BCUT2D eigenvalue weighted by molar-refractivity contribution is 0.114. The van der Waals surface area contributed by atoms with Gasteiger partial charge in [0.2, 0.25) is 0 Å². The second-order valence-corrected chi connectivity index (χ2v) is 5.50. The fourth-order valence-electron chi connectivity index (χ4n) is 2.77. The van der Waals surface area contributed by atoms with Crippen molar-refractivity contribution in [1.82, 2.24) is 4.57 Å². The van der Waals surface area contributed by atoms with Crippen molar-refractivity contribution in [3.8, 4) is 0 Å². The lowest BCUT2D eigenvalue weighted by atomic mass is 9.96. The van der Waals surface area contributed by atoms with Crippen molar-refractivity contribution in [3.63, 3.8) is 0 Å². The molecule has 114 valence electrons. The van der Waals surface area contributed by atoms with Crippen LogP contribution in [0.25, 0.3) is 10.9 Å². The van der Waals surface area contributed by atoms with Crippen LogP contribution in [0.2, 0.25) is 0 Å². The average molecular weight is 288 g/mol. The van der Waals surface area contributed by atoms with Crippen molar-refractivity contribution in [2.75, 3.05) is 11.9 Å². The molecule has 0 amide bonds. The van der Waals surface area contributed by atoms with Crippen LogP contribution in [0, 0.1) is 5.92 Å². The number of benzene rings is 1. The lowest BCUT2D eigenvalue weighted by Crippen LogP contribution is -2.28. The molecule has 0 aliphatic heterocycles. The molecule has 1 aromatic heterocycles. The van der Waals surface area contributed by atoms with E-state index in [1.807, 2.05) is 24.3 Å². The van der Waals surface area contributed by atoms with Crippen molar-refractivity contribution in [3.05, 3.63) is 40.7 Å². The number of para-hydroxylation sites is 1. The minimum Gasteiger partial charge on any atom is -0.391 e. The molecule has 2 aromatic rings. The summed E-state index contributed by atoms with van der Waals surface area (Å²) >= 11 is 0. The zero-order chi connectivity index (χ0) is 15.4. The van der Waals surface area contributed by atoms with Crippen LogP contribution >= 0.6 is 0 Å². The molecule has 2 N–H and O–H groups in total. The van der Waals surface area contributed by atoms with Gasteiger partial charge in [-0.25, -0.2) is 0 Å². The van der Waals surface area contributed by atoms with Crippen LogP contribution in [0.3, 0.4) is 0 Å². The summed E-state index contributed by atoms with van der Waals surface area (Å²) in [4.78, 5) is 12.0. The standard InChI is InChI=1S/C17H24N2O2/c1-4-12(5-2)16(20)11-18-14-10-17(21)19(3)15-9-7-6-8-13(14)15/h6-10,12,16,18,20H,4-5,11H2,1-3H3. The second kappa shape index (κ2) is 6.76. The number of aryl methyl sites for hydroxylation is 1. The minimum atomic E-state index is -0.400. The number of aliphatic hydroxyl groups is 1. The van der Waals surface area contributed by atoms with Gasteiger partial charge in [-0.3, -0.25) is 4.79 Å². The minimum absolute atomic E-state index is 0.0479. The van der Waals surface area contributed by atoms with Gasteiger partial charge in [0.05, 0.1) is 11.6 Å². The summed E-state index contributed by atoms with van der Waals surface area (Å²) in [5.74, 6) is 0.287. The number of rotatable bonds is 6. The fraction of sp³-hybridized carbons (Fsp3) is 0.471. The molecule has 0 aliphatic rings. The Morgan fingerprint density at radius 2 is 1.90 bits per heavy atom. The van der Waals surface area contributed by atoms with E-state index in [0.717, 1.165) is 29.4 Å². The molecule has 21 heavy (non-hydrogen) atoms. The molecular weight excluding hydrogens is 264 g/mol. The predicted octanol–water partition coefficient (Wildman–Crippen LogP) is 2.75. The molecule has 0 saturated carbocycles. The van der Waals surface area contributed by atoms with Crippen molar-refractivity contribution >= 4 is 16.6 Å². The zero-order valence-corrected chi connectivity index (χ0v) is 13.0. The van der Waals surface area contributed by atoms with Gasteiger partial charge in [-0.1, -0.05) is 44.9 Å². The van der Waals surface area contributed by atoms with Crippen LogP contribution in [0.15, 0.2) is 35.1 Å². The van der Waals surface area contributed by atoms with E-state index in [2.05, 4.69) is 19.2 Å². The number of nitrogens with zero attached hydrogens (tertiary/aromatic N) is 1. The quantitative estimate of drug-likeness (QED) is 0.859. The Morgan fingerprint density at radius 1 is 1.24 bits per heavy atom. The van der Waals surface area contributed by atoms with E-state index in [0.29, 0.717) is 6.54 Å². The molecule has 0 saturated heterocycles. The van der Waals surface area contributed by atoms with E-state index in [-0.39, 0.29) is 11.5 Å². The maximum absolute atomic E-state index is 12.0. The van der Waals surface area contributed by atoms with E-state index in [1.54, 1.807) is 17.7 Å². The van der Waals surface area contributed by atoms with Gasteiger partial charge < -0.3 is 15.0 Å². The van der Waals surface area contributed by atoms with Gasteiger partial charge in [0.1, 0.15) is 0 Å². The Kier molecular flexibility index (Phi) is 5.02. The number of anilines is 1. The highest BCUT2D eigenvalue weighted by Crippen LogP contribution is 2.21. The number of aliphatic hydroxyl groups excluding tert-OH is 1. The summed E-state index contributed by atoms with van der Waals surface area (Å²) in [5, 5.41) is 14.5. The van der Waals surface area contributed by atoms with E-state index in [1.165, 1.54) is 0 Å². The van der Waals surface area contributed by atoms with Crippen molar-refractivity contribution in [2.24, 2.45) is 13.0 Å². The molecule has 1 unspecified atom stereocenters. The van der Waals surface area contributed by atoms with Gasteiger partial charge in [-0.2, -0.15) is 0 Å². The van der Waals surface area contributed by atoms with Crippen LogP contribution < -0.4 is 10.9 Å². The first kappa shape index (κ1) is 15.6. The summed E-state index contributed by atoms with van der Waals surface area (Å²) in [5.41, 5.74) is 1.64. The number of pyridine rings is 1. The Labute approximate surface area is 125 Å². The molecule has 2 rings (SSSR count). The van der Waals surface area contributed by atoms with E-state index in [9.17, 15) is 9.90 Å². The molecule has 1 aromatic carbocycles. The predicted molar refractivity (Wildman–Crippen MR) is 87.8 cm³/mol. The third-order valence-corrected chi connectivity index (χ3v) is 4.25. The van der Waals surface area contributed by atoms with Crippen LogP contribution in [0.5, 0.6) is 0 Å². The highest BCUT2D eigenvalue weighted by Gasteiger charge is 2.15. The fourth-order valence-corrected chi connectivity index (χ4v) is 2.77. The van der Waals surface area contributed by atoms with Crippen molar-refractivity contribution in [2.45, 2.75) is 32.8 Å². The van der Waals surface area contributed by atoms with Crippen molar-refractivity contribution in [1.29, 1.82) is 0 Å². The molecular formula is C17H24N2O2. The molecule has 0 bridgehead atoms. The molecule has 4 nitrogen and oxygen atoms in total. The molecule has 0 spiro atoms. The van der Waals surface area contributed by atoms with Crippen LogP contribution in [-0.4, -0.2) is 22.3 Å². The summed E-state index contributed by atoms with van der Waals surface area (Å²) in [6.07, 6.45) is 1.51. The first-order valence-electron chi connectivity index (χ1n) is 7.59. The lowest BCUT2D eigenvalue weighted by Gasteiger charge is -2.21. The van der Waals surface area contributed by atoms with Gasteiger partial charge in [0.25, 0.3) is 5.56 Å². The van der Waals surface area contributed by atoms with Gasteiger partial charge >= 0.3 is 0 Å². The molecule has 0 aliphatic carbocycles. The van der Waals surface area contributed by atoms with Gasteiger partial charge in [0.15, 0.2) is 0 Å². The van der Waals surface area contributed by atoms with Crippen molar-refractivity contribution < 1.29 is 5.11 Å². The van der Waals surface area contributed by atoms with E-state index >= 15 is 0 Å². The maximum Gasteiger partial charge on any atom is 0.252 e. The molecule has 1 heterocycles. The maximum atomic E-state index is 12.0. The first-order valence-corrected chi connectivity index (χ1v) is 7.59. The molecule has 0 radical (unpaired) electrons. The third-order valence-electron chi connectivity index (χ3n) is 4.25. The second-order valence-electron chi connectivity index (χ2n) is 5.50. The number of fused-ring (bicyclic) bond motifs is 1. The van der Waals surface area contributed by atoms with Crippen LogP contribution in [0.1, 0.15) is 26.7 Å². The zero-order valence-electron chi connectivity index (χ0n) is 13.0. The number of aromatic nitrogens is 1. The van der Waals surface area contributed by atoms with Crippen LogP contribution in [0.4, 0.5) is 5.69 Å². The summed E-state index contributed by atoms with van der Waals surface area (Å²) in [6, 6.07) is 9.39. The van der Waals surface area contributed by atoms with E-state index < -0.39 is 6.10 Å². The van der Waals surface area contributed by atoms with Gasteiger partial charge in [-0.05, 0) is 12.0 Å². The molecule has 4 heteroatoms. The highest BCUT2D eigenvalue weighted by atomic mass is 16.3. The molecule has 0 fully saturated rings. The summed E-state index contributed by atoms with van der Waals surface area (Å²) in [7, 11) is 1.77. The monoisotopic (exact) mass is 288 g/mol. The SMILES string of the molecule is CCC(CC)C(O)CNc1cc(=O)n(C)c2ccccc12. The topological polar surface area (TPSA) is 54.3 Å². The smallest absolute Gasteiger partial charge is 0.252 e. The number of hydrogen-bond acceptors (Lipinski definition) is 3. The van der Waals surface area contributed by atoms with Gasteiger partial charge in [0, 0.05) is 30.7 Å². The third kappa shape index (κ3) is 3.27. The summed E-state index contributed by atoms with van der Waals surface area (Å²) < 4.78 is 1.64. The van der Waals surface area contributed by atoms with Gasteiger partial charge in [-0.15, -0.1) is 0 Å². The number of nitrogens with one attached hydrogen (secondary N) is 1. The Bertz CT molecular complexity index is 659. The van der Waals surface area contributed by atoms with E-state index in [4.69, 9.17) is 0 Å². The van der Waals surface area contributed by atoms with Crippen LogP contribution in [-0.2, 0) is 7.05 Å². The first-order chi connectivity index (χ1) is 10.1. The largest absolute Gasteiger partial charge is 0.391 e. The molecule has 1 atom stereocenters. The Balaban J connectivity index is 2.27. The number of hydrogen-bond donors (Lipinski definition) is 2. The average Bonchev–Trinajstić information content (AvgIpc) is 2.50. The normalized spacial score (nSPS) is 12.8.